The Morgan fingerprint density at radius 3 is 2.06 bits per heavy atom. The van der Waals surface area contributed by atoms with E-state index in [1.54, 1.807) is 6.61 Å². The number of hydrogen-bond donors (Lipinski definition) is 0. The fourth-order valence-electron chi connectivity index (χ4n) is 1.01. The van der Waals surface area contributed by atoms with Crippen LogP contribution in [-0.2, 0) is 14.2 Å². The van der Waals surface area contributed by atoms with Gasteiger partial charge in [0.1, 0.15) is 6.61 Å². The van der Waals surface area contributed by atoms with Gasteiger partial charge in [-0.2, -0.15) is 0 Å². The number of hydrogen-bond acceptors (Lipinski definition) is 3. The highest BCUT2D eigenvalue weighted by Crippen LogP contribution is 2.01. The first-order chi connectivity index (χ1) is 7.52. The maximum absolute atomic E-state index is 5.53. The average Bonchev–Trinajstić information content (AvgIpc) is 2.19. The third-order valence-corrected chi connectivity index (χ3v) is 1.78. The zero-order valence-electron chi connectivity index (χ0n) is 11.4. The second-order valence-corrected chi connectivity index (χ2v) is 4.91. The van der Waals surface area contributed by atoms with Crippen molar-refractivity contribution in [3.05, 3.63) is 6.61 Å². The van der Waals surface area contributed by atoms with Gasteiger partial charge in [0.05, 0.1) is 19.3 Å². The molecule has 0 aliphatic carbocycles. The van der Waals surface area contributed by atoms with E-state index in [-0.39, 0.29) is 6.10 Å². The van der Waals surface area contributed by atoms with E-state index in [4.69, 9.17) is 14.2 Å². The van der Waals surface area contributed by atoms with Gasteiger partial charge in [-0.3, -0.25) is 0 Å². The SMILES string of the molecule is CC(C)COCCO[CH]C(C)OCC(C)C. The van der Waals surface area contributed by atoms with Gasteiger partial charge in [0.25, 0.3) is 0 Å². The van der Waals surface area contributed by atoms with Gasteiger partial charge in [0, 0.05) is 13.2 Å². The Hall–Kier alpha value is -0.120. The molecule has 0 bridgehead atoms. The maximum Gasteiger partial charge on any atom is 0.112 e. The highest BCUT2D eigenvalue weighted by Gasteiger charge is 2.04. The molecule has 0 fully saturated rings. The summed E-state index contributed by atoms with van der Waals surface area (Å²) in [6.45, 7) is 15.1. The molecule has 0 aromatic heterocycles. The minimum Gasteiger partial charge on any atom is -0.379 e. The van der Waals surface area contributed by atoms with Crippen LogP contribution in [-0.4, -0.2) is 32.5 Å². The molecule has 0 saturated heterocycles. The van der Waals surface area contributed by atoms with E-state index >= 15 is 0 Å². The first-order valence-electron chi connectivity index (χ1n) is 6.16. The Morgan fingerprint density at radius 2 is 1.50 bits per heavy atom. The summed E-state index contributed by atoms with van der Waals surface area (Å²) in [6, 6.07) is 0. The van der Waals surface area contributed by atoms with Crippen LogP contribution in [0.4, 0.5) is 0 Å². The van der Waals surface area contributed by atoms with Crippen LogP contribution in [0.15, 0.2) is 0 Å². The molecule has 1 atom stereocenters. The lowest BCUT2D eigenvalue weighted by Gasteiger charge is -2.14. The minimum absolute atomic E-state index is 0.0486. The molecule has 0 aliphatic heterocycles. The highest BCUT2D eigenvalue weighted by atomic mass is 16.5. The number of rotatable bonds is 10. The molecule has 0 saturated carbocycles. The molecule has 3 nitrogen and oxygen atoms in total. The highest BCUT2D eigenvalue weighted by molar-refractivity contribution is 4.61. The summed E-state index contributed by atoms with van der Waals surface area (Å²) >= 11 is 0. The van der Waals surface area contributed by atoms with Crippen LogP contribution in [0, 0.1) is 18.4 Å². The molecule has 0 spiro atoms. The zero-order chi connectivity index (χ0) is 12.4. The summed E-state index contributed by atoms with van der Waals surface area (Å²) in [4.78, 5) is 0. The molecule has 0 amide bonds. The molecule has 97 valence electrons. The van der Waals surface area contributed by atoms with Gasteiger partial charge in [-0.15, -0.1) is 0 Å². The van der Waals surface area contributed by atoms with Crippen LogP contribution in [0.2, 0.25) is 0 Å². The topological polar surface area (TPSA) is 27.7 Å². The Labute approximate surface area is 100 Å². The van der Waals surface area contributed by atoms with Crippen LogP contribution in [0.5, 0.6) is 0 Å². The molecular formula is C13H27O3. The van der Waals surface area contributed by atoms with Gasteiger partial charge in [-0.25, -0.2) is 0 Å². The van der Waals surface area contributed by atoms with Crippen molar-refractivity contribution in [2.45, 2.75) is 40.7 Å². The van der Waals surface area contributed by atoms with E-state index < -0.39 is 0 Å². The third kappa shape index (κ3) is 12.0. The van der Waals surface area contributed by atoms with Crippen molar-refractivity contribution in [2.24, 2.45) is 11.8 Å². The first kappa shape index (κ1) is 15.9. The summed E-state index contributed by atoms with van der Waals surface area (Å²) in [5.41, 5.74) is 0. The quantitative estimate of drug-likeness (QED) is 0.541. The second-order valence-electron chi connectivity index (χ2n) is 4.91. The molecular weight excluding hydrogens is 204 g/mol. The average molecular weight is 231 g/mol. The van der Waals surface area contributed by atoms with Gasteiger partial charge in [0.2, 0.25) is 0 Å². The van der Waals surface area contributed by atoms with Crippen LogP contribution < -0.4 is 0 Å². The van der Waals surface area contributed by atoms with Gasteiger partial charge in [-0.1, -0.05) is 27.7 Å². The molecule has 0 N–H and O–H groups in total. The van der Waals surface area contributed by atoms with Gasteiger partial charge in [-0.05, 0) is 18.8 Å². The van der Waals surface area contributed by atoms with E-state index in [1.807, 2.05) is 6.92 Å². The van der Waals surface area contributed by atoms with Crippen molar-refractivity contribution < 1.29 is 14.2 Å². The van der Waals surface area contributed by atoms with E-state index in [0.29, 0.717) is 25.0 Å². The van der Waals surface area contributed by atoms with Crippen molar-refractivity contribution >= 4 is 0 Å². The molecule has 0 aliphatic rings. The smallest absolute Gasteiger partial charge is 0.112 e. The molecule has 1 radical (unpaired) electrons. The van der Waals surface area contributed by atoms with E-state index in [0.717, 1.165) is 13.2 Å². The van der Waals surface area contributed by atoms with Crippen molar-refractivity contribution in [1.29, 1.82) is 0 Å². The summed E-state index contributed by atoms with van der Waals surface area (Å²) in [7, 11) is 0. The molecule has 1 unspecified atom stereocenters. The lowest BCUT2D eigenvalue weighted by molar-refractivity contribution is 0.00220. The molecule has 0 heterocycles. The van der Waals surface area contributed by atoms with Crippen molar-refractivity contribution in [3.8, 4) is 0 Å². The van der Waals surface area contributed by atoms with Crippen molar-refractivity contribution in [2.75, 3.05) is 26.4 Å². The van der Waals surface area contributed by atoms with E-state index in [9.17, 15) is 0 Å². The molecule has 0 rings (SSSR count). The fourth-order valence-corrected chi connectivity index (χ4v) is 1.01. The monoisotopic (exact) mass is 231 g/mol. The summed E-state index contributed by atoms with van der Waals surface area (Å²) in [5, 5.41) is 0. The Balaban J connectivity index is 3.18. The van der Waals surface area contributed by atoms with E-state index in [1.165, 1.54) is 0 Å². The molecule has 16 heavy (non-hydrogen) atoms. The van der Waals surface area contributed by atoms with Crippen LogP contribution >= 0.6 is 0 Å². The molecule has 0 aromatic carbocycles. The van der Waals surface area contributed by atoms with Crippen LogP contribution in [0.25, 0.3) is 0 Å². The molecule has 0 aromatic rings. The minimum atomic E-state index is 0.0486. The van der Waals surface area contributed by atoms with Crippen LogP contribution in [0.1, 0.15) is 34.6 Å². The predicted octanol–water partition coefficient (Wildman–Crippen LogP) is 2.90. The third-order valence-electron chi connectivity index (χ3n) is 1.78. The summed E-state index contributed by atoms with van der Waals surface area (Å²) in [5.74, 6) is 1.14. The maximum atomic E-state index is 5.53. The Morgan fingerprint density at radius 1 is 0.875 bits per heavy atom. The van der Waals surface area contributed by atoms with Crippen molar-refractivity contribution in [1.82, 2.24) is 0 Å². The lowest BCUT2D eigenvalue weighted by atomic mass is 10.2. The summed E-state index contributed by atoms with van der Waals surface area (Å²) in [6.07, 6.45) is 0.0486. The predicted molar refractivity (Wildman–Crippen MR) is 66.2 cm³/mol. The van der Waals surface area contributed by atoms with Crippen molar-refractivity contribution in [3.63, 3.8) is 0 Å². The second kappa shape index (κ2) is 10.1. The van der Waals surface area contributed by atoms with E-state index in [2.05, 4.69) is 27.7 Å². The first-order valence-corrected chi connectivity index (χ1v) is 6.16. The Bertz CT molecular complexity index is 146. The molecule has 3 heteroatoms. The fraction of sp³-hybridized carbons (Fsp3) is 0.923. The normalized spacial score (nSPS) is 13.7. The summed E-state index contributed by atoms with van der Waals surface area (Å²) < 4.78 is 16.3. The standard InChI is InChI=1S/C13H27O3/c1-11(2)8-14-6-7-15-10-13(5)16-9-12(3)4/h10-13H,6-9H2,1-5H3. The zero-order valence-corrected chi connectivity index (χ0v) is 11.4. The van der Waals surface area contributed by atoms with Gasteiger partial charge >= 0.3 is 0 Å². The van der Waals surface area contributed by atoms with Gasteiger partial charge < -0.3 is 14.2 Å². The van der Waals surface area contributed by atoms with Crippen LogP contribution in [0.3, 0.4) is 0 Å². The Kier molecular flexibility index (Phi) is 9.99. The number of ether oxygens (including phenoxy) is 3. The van der Waals surface area contributed by atoms with Gasteiger partial charge in [0.15, 0.2) is 0 Å². The lowest BCUT2D eigenvalue weighted by Crippen LogP contribution is -2.16. The largest absolute Gasteiger partial charge is 0.379 e.